The Morgan fingerprint density at radius 2 is 2.06 bits per heavy atom. The summed E-state index contributed by atoms with van der Waals surface area (Å²) in [5, 5.41) is 3.79. The van der Waals surface area contributed by atoms with Gasteiger partial charge in [0.2, 0.25) is 0 Å². The third-order valence-electron chi connectivity index (χ3n) is 5.03. The van der Waals surface area contributed by atoms with E-state index in [1.165, 1.54) is 71.1 Å². The molecule has 2 fully saturated rings. The Hall–Kier alpha value is -0.0800. The number of rotatable bonds is 7. The Morgan fingerprint density at radius 1 is 1.22 bits per heavy atom. The van der Waals surface area contributed by atoms with Gasteiger partial charge in [-0.2, -0.15) is 0 Å². The lowest BCUT2D eigenvalue weighted by Gasteiger charge is -2.36. The summed E-state index contributed by atoms with van der Waals surface area (Å²) < 4.78 is 0. The third kappa shape index (κ3) is 4.24. The van der Waals surface area contributed by atoms with Crippen molar-refractivity contribution < 1.29 is 0 Å². The van der Waals surface area contributed by atoms with Crippen LogP contribution in [0.3, 0.4) is 0 Å². The average molecular weight is 252 g/mol. The molecule has 0 spiro atoms. The molecule has 2 heteroatoms. The number of nitrogens with zero attached hydrogens (tertiary/aromatic N) is 1. The van der Waals surface area contributed by atoms with Crippen LogP contribution in [0, 0.1) is 11.8 Å². The number of hydrogen-bond donors (Lipinski definition) is 1. The Labute approximate surface area is 114 Å². The molecule has 0 aromatic rings. The average Bonchev–Trinajstić information content (AvgIpc) is 2.33. The monoisotopic (exact) mass is 252 g/mol. The minimum atomic E-state index is 0.713. The molecule has 0 aromatic heterocycles. The fourth-order valence-corrected chi connectivity index (χ4v) is 3.48. The van der Waals surface area contributed by atoms with Crippen LogP contribution in [0.25, 0.3) is 0 Å². The van der Waals surface area contributed by atoms with Crippen molar-refractivity contribution in [1.29, 1.82) is 0 Å². The van der Waals surface area contributed by atoms with Gasteiger partial charge in [0.25, 0.3) is 0 Å². The Kier molecular flexibility index (Phi) is 5.97. The second-order valence-corrected chi connectivity index (χ2v) is 6.53. The first-order valence-corrected chi connectivity index (χ1v) is 8.25. The largest absolute Gasteiger partial charge is 0.314 e. The van der Waals surface area contributed by atoms with Crippen molar-refractivity contribution in [3.63, 3.8) is 0 Å². The standard InChI is InChI=1S/C16H32N2/c1-3-11-18-12-5-8-16(13-18)14(2)17-10-9-15-6-4-7-15/h14-17H,3-13H2,1-2H3. The van der Waals surface area contributed by atoms with Crippen LogP contribution < -0.4 is 5.32 Å². The van der Waals surface area contributed by atoms with E-state index < -0.39 is 0 Å². The number of hydrogen-bond acceptors (Lipinski definition) is 2. The van der Waals surface area contributed by atoms with Gasteiger partial charge in [-0.1, -0.05) is 26.2 Å². The van der Waals surface area contributed by atoms with Gasteiger partial charge >= 0.3 is 0 Å². The summed E-state index contributed by atoms with van der Waals surface area (Å²) in [4.78, 5) is 2.66. The predicted molar refractivity (Wildman–Crippen MR) is 78.9 cm³/mol. The zero-order chi connectivity index (χ0) is 12.8. The summed E-state index contributed by atoms with van der Waals surface area (Å²) in [5.41, 5.74) is 0. The second-order valence-electron chi connectivity index (χ2n) is 6.53. The Morgan fingerprint density at radius 3 is 2.72 bits per heavy atom. The van der Waals surface area contributed by atoms with Crippen LogP contribution in [0.2, 0.25) is 0 Å². The van der Waals surface area contributed by atoms with E-state index in [2.05, 4.69) is 24.1 Å². The van der Waals surface area contributed by atoms with Crippen LogP contribution in [-0.2, 0) is 0 Å². The van der Waals surface area contributed by atoms with Crippen LogP contribution >= 0.6 is 0 Å². The van der Waals surface area contributed by atoms with E-state index in [1.54, 1.807) is 0 Å². The summed E-state index contributed by atoms with van der Waals surface area (Å²) in [6.45, 7) is 9.90. The van der Waals surface area contributed by atoms with E-state index in [4.69, 9.17) is 0 Å². The molecular weight excluding hydrogens is 220 g/mol. The summed E-state index contributed by atoms with van der Waals surface area (Å²) in [7, 11) is 0. The highest BCUT2D eigenvalue weighted by Crippen LogP contribution is 2.29. The molecule has 2 unspecified atom stereocenters. The van der Waals surface area contributed by atoms with Crippen LogP contribution in [0.15, 0.2) is 0 Å². The summed E-state index contributed by atoms with van der Waals surface area (Å²) >= 11 is 0. The van der Waals surface area contributed by atoms with Crippen molar-refractivity contribution in [3.05, 3.63) is 0 Å². The van der Waals surface area contributed by atoms with Gasteiger partial charge in [-0.25, -0.2) is 0 Å². The third-order valence-corrected chi connectivity index (χ3v) is 5.03. The van der Waals surface area contributed by atoms with E-state index in [9.17, 15) is 0 Å². The fourth-order valence-electron chi connectivity index (χ4n) is 3.48. The SMILES string of the molecule is CCCN1CCCC(C(C)NCCC2CCC2)C1. The van der Waals surface area contributed by atoms with Crippen molar-refractivity contribution >= 4 is 0 Å². The number of nitrogens with one attached hydrogen (secondary N) is 1. The highest BCUT2D eigenvalue weighted by Gasteiger charge is 2.24. The first-order valence-electron chi connectivity index (χ1n) is 8.25. The van der Waals surface area contributed by atoms with E-state index in [1.807, 2.05) is 0 Å². The highest BCUT2D eigenvalue weighted by atomic mass is 15.1. The quantitative estimate of drug-likeness (QED) is 0.748. The number of piperidine rings is 1. The second kappa shape index (κ2) is 7.49. The number of likely N-dealkylation sites (tertiary alicyclic amines) is 1. The van der Waals surface area contributed by atoms with Gasteiger partial charge in [0.05, 0.1) is 0 Å². The zero-order valence-electron chi connectivity index (χ0n) is 12.5. The lowest BCUT2D eigenvalue weighted by Crippen LogP contribution is -2.45. The zero-order valence-corrected chi connectivity index (χ0v) is 12.5. The molecule has 0 radical (unpaired) electrons. The molecule has 0 amide bonds. The van der Waals surface area contributed by atoms with Crippen LogP contribution in [0.5, 0.6) is 0 Å². The fraction of sp³-hybridized carbons (Fsp3) is 1.00. The molecule has 1 aliphatic carbocycles. The molecule has 1 saturated carbocycles. The van der Waals surface area contributed by atoms with Crippen molar-refractivity contribution in [1.82, 2.24) is 10.2 Å². The maximum absolute atomic E-state index is 3.79. The molecule has 2 atom stereocenters. The van der Waals surface area contributed by atoms with E-state index in [0.717, 1.165) is 11.8 Å². The first kappa shape index (κ1) is 14.3. The molecule has 0 aromatic carbocycles. The molecule has 2 nitrogen and oxygen atoms in total. The molecule has 1 saturated heterocycles. The Bertz CT molecular complexity index is 223. The molecule has 2 rings (SSSR count). The predicted octanol–water partition coefficient (Wildman–Crippen LogP) is 3.28. The van der Waals surface area contributed by atoms with Crippen LogP contribution in [0.4, 0.5) is 0 Å². The molecule has 1 aliphatic heterocycles. The van der Waals surface area contributed by atoms with Crippen molar-refractivity contribution in [3.8, 4) is 0 Å². The van der Waals surface area contributed by atoms with E-state index >= 15 is 0 Å². The van der Waals surface area contributed by atoms with Gasteiger partial charge in [-0.05, 0) is 64.1 Å². The molecule has 0 bridgehead atoms. The lowest BCUT2D eigenvalue weighted by atomic mass is 9.83. The normalized spacial score (nSPS) is 28.0. The molecule has 18 heavy (non-hydrogen) atoms. The van der Waals surface area contributed by atoms with Gasteiger partial charge in [-0.3, -0.25) is 0 Å². The van der Waals surface area contributed by atoms with E-state index in [0.29, 0.717) is 6.04 Å². The maximum atomic E-state index is 3.79. The minimum Gasteiger partial charge on any atom is -0.314 e. The summed E-state index contributed by atoms with van der Waals surface area (Å²) in [5.74, 6) is 1.93. The summed E-state index contributed by atoms with van der Waals surface area (Å²) in [6, 6.07) is 0.713. The molecule has 106 valence electrons. The van der Waals surface area contributed by atoms with Crippen molar-refractivity contribution in [2.24, 2.45) is 11.8 Å². The highest BCUT2D eigenvalue weighted by molar-refractivity contribution is 4.81. The smallest absolute Gasteiger partial charge is 0.00792 e. The van der Waals surface area contributed by atoms with Gasteiger partial charge in [0.15, 0.2) is 0 Å². The van der Waals surface area contributed by atoms with Crippen molar-refractivity contribution in [2.75, 3.05) is 26.2 Å². The van der Waals surface area contributed by atoms with Crippen LogP contribution in [-0.4, -0.2) is 37.1 Å². The molecule has 2 aliphatic rings. The van der Waals surface area contributed by atoms with Gasteiger partial charge in [0, 0.05) is 12.6 Å². The maximum Gasteiger partial charge on any atom is 0.00792 e. The summed E-state index contributed by atoms with van der Waals surface area (Å²) in [6.07, 6.45) is 10.0. The Balaban J connectivity index is 1.62. The van der Waals surface area contributed by atoms with Gasteiger partial charge < -0.3 is 10.2 Å². The topological polar surface area (TPSA) is 15.3 Å². The minimum absolute atomic E-state index is 0.713. The molecular formula is C16H32N2. The van der Waals surface area contributed by atoms with Gasteiger partial charge in [-0.15, -0.1) is 0 Å². The molecule has 1 N–H and O–H groups in total. The van der Waals surface area contributed by atoms with E-state index in [-0.39, 0.29) is 0 Å². The van der Waals surface area contributed by atoms with Gasteiger partial charge in [0.1, 0.15) is 0 Å². The van der Waals surface area contributed by atoms with Crippen LogP contribution in [0.1, 0.15) is 58.8 Å². The van der Waals surface area contributed by atoms with Crippen molar-refractivity contribution in [2.45, 2.75) is 64.8 Å². The first-order chi connectivity index (χ1) is 8.79. The molecule has 1 heterocycles. The lowest BCUT2D eigenvalue weighted by molar-refractivity contribution is 0.149.